The minimum absolute atomic E-state index is 0.0884. The highest BCUT2D eigenvalue weighted by molar-refractivity contribution is 5.98. The number of methoxy groups -OCH3 is 3. The van der Waals surface area contributed by atoms with Gasteiger partial charge in [0.2, 0.25) is 0 Å². The van der Waals surface area contributed by atoms with E-state index < -0.39 is 29.7 Å². The highest BCUT2D eigenvalue weighted by Gasteiger charge is 2.29. The maximum Gasteiger partial charge on any atom is 0.320 e. The number of allylic oxidation sites excluding steroid dienone is 2. The number of Topliss-reactive ketones (excluding diaryl/α,β-unsaturated/α-hetero) is 1. The molecule has 22 heavy (non-hydrogen) atoms. The van der Waals surface area contributed by atoms with Gasteiger partial charge in [0.25, 0.3) is 0 Å². The molecule has 0 spiro atoms. The molecule has 0 bridgehead atoms. The summed E-state index contributed by atoms with van der Waals surface area (Å²) in [5.74, 6) is -4.29. The third-order valence-corrected chi connectivity index (χ3v) is 3.18. The van der Waals surface area contributed by atoms with Gasteiger partial charge in [0.15, 0.2) is 5.92 Å². The smallest absolute Gasteiger partial charge is 0.320 e. The van der Waals surface area contributed by atoms with Crippen LogP contribution in [0, 0.1) is 11.8 Å². The summed E-state index contributed by atoms with van der Waals surface area (Å²) in [6, 6.07) is 0. The van der Waals surface area contributed by atoms with Crippen LogP contribution in [0.5, 0.6) is 0 Å². The maximum atomic E-state index is 11.6. The van der Waals surface area contributed by atoms with Crippen LogP contribution >= 0.6 is 0 Å². The van der Waals surface area contributed by atoms with Crippen molar-refractivity contribution >= 4 is 23.7 Å². The van der Waals surface area contributed by atoms with Gasteiger partial charge in [0.05, 0.1) is 21.3 Å². The van der Waals surface area contributed by atoms with E-state index in [0.29, 0.717) is 5.57 Å². The normalized spacial score (nSPS) is 12.5. The number of ketones is 1. The molecule has 0 fully saturated rings. The van der Waals surface area contributed by atoms with Gasteiger partial charge >= 0.3 is 17.9 Å². The monoisotopic (exact) mass is 314 g/mol. The molecule has 0 aliphatic rings. The topological polar surface area (TPSA) is 96.0 Å². The van der Waals surface area contributed by atoms with Crippen molar-refractivity contribution in [3.05, 3.63) is 11.6 Å². The van der Waals surface area contributed by atoms with Crippen molar-refractivity contribution in [2.45, 2.75) is 26.7 Å². The van der Waals surface area contributed by atoms with Crippen LogP contribution in [0.25, 0.3) is 0 Å². The second-order valence-corrected chi connectivity index (χ2v) is 4.78. The molecule has 1 atom stereocenters. The molecule has 0 N–H and O–H groups in total. The Morgan fingerprint density at radius 1 is 0.818 bits per heavy atom. The van der Waals surface area contributed by atoms with Crippen LogP contribution in [0.3, 0.4) is 0 Å². The van der Waals surface area contributed by atoms with Gasteiger partial charge < -0.3 is 14.2 Å². The molecule has 0 saturated carbocycles. The van der Waals surface area contributed by atoms with Gasteiger partial charge in [-0.05, 0) is 26.7 Å². The van der Waals surface area contributed by atoms with Gasteiger partial charge in [0.1, 0.15) is 11.7 Å². The number of ether oxygens (including phenoxy) is 3. The summed E-state index contributed by atoms with van der Waals surface area (Å²) < 4.78 is 13.7. The van der Waals surface area contributed by atoms with E-state index in [0.717, 1.165) is 0 Å². The van der Waals surface area contributed by atoms with Crippen LogP contribution in [0.4, 0.5) is 0 Å². The van der Waals surface area contributed by atoms with Gasteiger partial charge in [-0.15, -0.1) is 0 Å². The molecule has 7 nitrogen and oxygen atoms in total. The zero-order valence-electron chi connectivity index (χ0n) is 13.5. The van der Waals surface area contributed by atoms with Crippen LogP contribution in [0.15, 0.2) is 11.6 Å². The minimum Gasteiger partial charge on any atom is -0.468 e. The first-order chi connectivity index (χ1) is 10.3. The van der Waals surface area contributed by atoms with Crippen molar-refractivity contribution in [3.8, 4) is 0 Å². The van der Waals surface area contributed by atoms with E-state index in [9.17, 15) is 19.2 Å². The standard InChI is InChI=1S/C15H22O7/c1-9(6-7-11(10(2)16)13(17)20-3)8-12(14(18)21-4)15(19)22-5/h6,11-12H,7-8H2,1-5H3/b9-6+. The van der Waals surface area contributed by atoms with Crippen molar-refractivity contribution in [1.29, 1.82) is 0 Å². The van der Waals surface area contributed by atoms with Crippen LogP contribution < -0.4 is 0 Å². The van der Waals surface area contributed by atoms with Gasteiger partial charge in [-0.25, -0.2) is 0 Å². The number of esters is 3. The van der Waals surface area contributed by atoms with Crippen molar-refractivity contribution in [2.24, 2.45) is 11.8 Å². The highest BCUT2D eigenvalue weighted by atomic mass is 16.5. The Hall–Kier alpha value is -2.18. The SMILES string of the molecule is COC(=O)C(C/C=C(\C)CC(C(=O)OC)C(=O)OC)C(C)=O. The number of carbonyl (C=O) groups excluding carboxylic acids is 4. The van der Waals surface area contributed by atoms with Gasteiger partial charge in [-0.3, -0.25) is 19.2 Å². The third kappa shape index (κ3) is 6.07. The van der Waals surface area contributed by atoms with E-state index in [1.165, 1.54) is 28.3 Å². The molecule has 0 saturated heterocycles. The summed E-state index contributed by atoms with van der Waals surface area (Å²) in [5, 5.41) is 0. The zero-order chi connectivity index (χ0) is 17.3. The fraction of sp³-hybridized carbons (Fsp3) is 0.600. The second-order valence-electron chi connectivity index (χ2n) is 4.78. The predicted octanol–water partition coefficient (Wildman–Crippen LogP) is 1.05. The van der Waals surface area contributed by atoms with E-state index in [1.54, 1.807) is 13.0 Å². The van der Waals surface area contributed by atoms with E-state index >= 15 is 0 Å². The molecule has 0 heterocycles. The number of rotatable bonds is 8. The third-order valence-electron chi connectivity index (χ3n) is 3.18. The molecule has 0 aromatic heterocycles. The number of hydrogen-bond acceptors (Lipinski definition) is 7. The van der Waals surface area contributed by atoms with Crippen molar-refractivity contribution in [2.75, 3.05) is 21.3 Å². The highest BCUT2D eigenvalue weighted by Crippen LogP contribution is 2.17. The quantitative estimate of drug-likeness (QED) is 0.286. The van der Waals surface area contributed by atoms with E-state index in [1.807, 2.05) is 0 Å². The van der Waals surface area contributed by atoms with Crippen LogP contribution in [-0.4, -0.2) is 45.0 Å². The average molecular weight is 314 g/mol. The summed E-state index contributed by atoms with van der Waals surface area (Å²) in [6.07, 6.45) is 1.86. The molecule has 0 aromatic rings. The van der Waals surface area contributed by atoms with Gasteiger partial charge in [0, 0.05) is 0 Å². The summed E-state index contributed by atoms with van der Waals surface area (Å²) >= 11 is 0. The first-order valence-electron chi connectivity index (χ1n) is 6.68. The lowest BCUT2D eigenvalue weighted by Crippen LogP contribution is -2.27. The average Bonchev–Trinajstić information content (AvgIpc) is 2.50. The Balaban J connectivity index is 4.95. The molecule has 124 valence electrons. The molecule has 0 radical (unpaired) electrons. The largest absolute Gasteiger partial charge is 0.468 e. The van der Waals surface area contributed by atoms with E-state index in [4.69, 9.17) is 0 Å². The fourth-order valence-corrected chi connectivity index (χ4v) is 1.84. The molecule has 7 heteroatoms. The van der Waals surface area contributed by atoms with Crippen LogP contribution in [-0.2, 0) is 33.4 Å². The molecule has 0 amide bonds. The predicted molar refractivity (Wildman–Crippen MR) is 76.7 cm³/mol. The Morgan fingerprint density at radius 2 is 1.23 bits per heavy atom. The van der Waals surface area contributed by atoms with Gasteiger partial charge in [-0.1, -0.05) is 11.6 Å². The van der Waals surface area contributed by atoms with E-state index in [-0.39, 0.29) is 18.6 Å². The number of carbonyl (C=O) groups is 4. The first-order valence-corrected chi connectivity index (χ1v) is 6.68. The first kappa shape index (κ1) is 19.8. The fourth-order valence-electron chi connectivity index (χ4n) is 1.84. The molecular formula is C15H22O7. The van der Waals surface area contributed by atoms with E-state index in [2.05, 4.69) is 14.2 Å². The molecule has 0 aromatic carbocycles. The van der Waals surface area contributed by atoms with Crippen molar-refractivity contribution < 1.29 is 33.4 Å². The second kappa shape index (κ2) is 9.70. The molecular weight excluding hydrogens is 292 g/mol. The lowest BCUT2D eigenvalue weighted by Gasteiger charge is -2.13. The lowest BCUT2D eigenvalue weighted by molar-refractivity contribution is -0.159. The Morgan fingerprint density at radius 3 is 1.59 bits per heavy atom. The minimum atomic E-state index is -1.07. The molecule has 0 aliphatic carbocycles. The maximum absolute atomic E-state index is 11.6. The van der Waals surface area contributed by atoms with Crippen LogP contribution in [0.1, 0.15) is 26.7 Å². The summed E-state index contributed by atoms with van der Waals surface area (Å²) in [6.45, 7) is 2.99. The Kier molecular flexibility index (Phi) is 8.74. The van der Waals surface area contributed by atoms with Crippen molar-refractivity contribution in [1.82, 2.24) is 0 Å². The summed E-state index contributed by atoms with van der Waals surface area (Å²) in [4.78, 5) is 46.0. The van der Waals surface area contributed by atoms with Crippen LogP contribution in [0.2, 0.25) is 0 Å². The summed E-state index contributed by atoms with van der Waals surface area (Å²) in [7, 11) is 3.57. The van der Waals surface area contributed by atoms with Gasteiger partial charge in [-0.2, -0.15) is 0 Å². The Bertz CT molecular complexity index is 449. The van der Waals surface area contributed by atoms with Crippen molar-refractivity contribution in [3.63, 3.8) is 0 Å². The Labute approximate surface area is 129 Å². The molecule has 0 rings (SSSR count). The summed E-state index contributed by atoms with van der Waals surface area (Å²) in [5.41, 5.74) is 0.663. The lowest BCUT2D eigenvalue weighted by atomic mass is 9.95. The molecule has 0 aliphatic heterocycles. The zero-order valence-corrected chi connectivity index (χ0v) is 13.5. The molecule has 1 unspecified atom stereocenters. The number of hydrogen-bond donors (Lipinski definition) is 0.